The first-order valence-corrected chi connectivity index (χ1v) is 5.26. The average Bonchev–Trinajstić information content (AvgIpc) is 2.45. The minimum absolute atomic E-state index is 0.263. The van der Waals surface area contributed by atoms with Crippen molar-refractivity contribution < 1.29 is 9.50 Å². The molecule has 74 valence electrons. The second kappa shape index (κ2) is 3.04. The summed E-state index contributed by atoms with van der Waals surface area (Å²) in [7, 11) is 0. The molecular weight excluding hydrogens is 199 g/mol. The van der Waals surface area contributed by atoms with Crippen LogP contribution in [-0.2, 0) is 5.60 Å². The summed E-state index contributed by atoms with van der Waals surface area (Å²) >= 11 is 1.52. The van der Waals surface area contributed by atoms with Gasteiger partial charge in [-0.05, 0) is 37.4 Å². The van der Waals surface area contributed by atoms with Crippen molar-refractivity contribution in [3.8, 4) is 0 Å². The maximum Gasteiger partial charge on any atom is 0.123 e. The van der Waals surface area contributed by atoms with E-state index in [0.717, 1.165) is 15.6 Å². The van der Waals surface area contributed by atoms with Crippen molar-refractivity contribution in [2.75, 3.05) is 0 Å². The van der Waals surface area contributed by atoms with Gasteiger partial charge < -0.3 is 5.11 Å². The Morgan fingerprint density at radius 3 is 2.71 bits per heavy atom. The van der Waals surface area contributed by atoms with E-state index >= 15 is 0 Å². The van der Waals surface area contributed by atoms with Crippen molar-refractivity contribution in [3.63, 3.8) is 0 Å². The third-order valence-electron chi connectivity index (χ3n) is 2.19. The number of thiophene rings is 1. The molecule has 1 aromatic heterocycles. The van der Waals surface area contributed by atoms with E-state index in [2.05, 4.69) is 0 Å². The van der Waals surface area contributed by atoms with Crippen LogP contribution in [-0.4, -0.2) is 5.11 Å². The van der Waals surface area contributed by atoms with E-state index in [-0.39, 0.29) is 5.82 Å². The fourth-order valence-corrected chi connectivity index (χ4v) is 2.58. The van der Waals surface area contributed by atoms with E-state index in [1.54, 1.807) is 19.9 Å². The Kier molecular flexibility index (Phi) is 2.09. The summed E-state index contributed by atoms with van der Waals surface area (Å²) in [6.45, 7) is 3.42. The first-order chi connectivity index (χ1) is 6.48. The molecule has 3 heteroatoms. The lowest BCUT2D eigenvalue weighted by Gasteiger charge is -2.16. The van der Waals surface area contributed by atoms with Gasteiger partial charge in [0.2, 0.25) is 0 Å². The van der Waals surface area contributed by atoms with E-state index in [0.29, 0.717) is 0 Å². The lowest BCUT2D eigenvalue weighted by Crippen LogP contribution is -2.14. The smallest absolute Gasteiger partial charge is 0.123 e. The first kappa shape index (κ1) is 9.62. The molecule has 0 aliphatic heterocycles. The highest BCUT2D eigenvalue weighted by Gasteiger charge is 2.20. The van der Waals surface area contributed by atoms with Crippen LogP contribution in [0.2, 0.25) is 0 Å². The number of fused-ring (bicyclic) bond motifs is 1. The summed E-state index contributed by atoms with van der Waals surface area (Å²) in [6, 6.07) is 4.65. The number of halogens is 1. The molecule has 0 spiro atoms. The van der Waals surface area contributed by atoms with Crippen LogP contribution in [0.25, 0.3) is 10.1 Å². The monoisotopic (exact) mass is 210 g/mol. The molecule has 1 nitrogen and oxygen atoms in total. The molecule has 0 amide bonds. The highest BCUT2D eigenvalue weighted by atomic mass is 32.1. The van der Waals surface area contributed by atoms with Crippen molar-refractivity contribution in [2.45, 2.75) is 19.4 Å². The zero-order valence-corrected chi connectivity index (χ0v) is 8.86. The van der Waals surface area contributed by atoms with Gasteiger partial charge in [0, 0.05) is 15.6 Å². The summed E-state index contributed by atoms with van der Waals surface area (Å²) in [5, 5.41) is 12.5. The molecule has 0 atom stereocenters. The summed E-state index contributed by atoms with van der Waals surface area (Å²) < 4.78 is 14.0. The van der Waals surface area contributed by atoms with Gasteiger partial charge in [-0.2, -0.15) is 0 Å². The Balaban J connectivity index is 2.73. The Morgan fingerprint density at radius 1 is 1.36 bits per heavy atom. The summed E-state index contributed by atoms with van der Waals surface area (Å²) in [5.74, 6) is -0.263. The second-order valence-electron chi connectivity index (χ2n) is 3.85. The van der Waals surface area contributed by atoms with Crippen LogP contribution in [0.3, 0.4) is 0 Å². The fraction of sp³-hybridized carbons (Fsp3) is 0.273. The number of benzene rings is 1. The molecule has 0 fully saturated rings. The van der Waals surface area contributed by atoms with Crippen molar-refractivity contribution in [3.05, 3.63) is 35.0 Å². The minimum Gasteiger partial charge on any atom is -0.386 e. The zero-order valence-electron chi connectivity index (χ0n) is 8.04. The Labute approximate surface area is 85.8 Å². The van der Waals surface area contributed by atoms with Crippen LogP contribution < -0.4 is 0 Å². The van der Waals surface area contributed by atoms with Crippen LogP contribution in [0.15, 0.2) is 23.6 Å². The van der Waals surface area contributed by atoms with Crippen LogP contribution >= 0.6 is 11.3 Å². The average molecular weight is 210 g/mol. The molecule has 0 saturated carbocycles. The van der Waals surface area contributed by atoms with Crippen molar-refractivity contribution in [1.29, 1.82) is 0 Å². The maximum absolute atomic E-state index is 13.0. The van der Waals surface area contributed by atoms with E-state index in [9.17, 15) is 9.50 Å². The van der Waals surface area contributed by atoms with Gasteiger partial charge in [-0.1, -0.05) is 0 Å². The predicted molar refractivity (Wildman–Crippen MR) is 57.0 cm³/mol. The molecule has 0 bridgehead atoms. The Morgan fingerprint density at radius 2 is 2.07 bits per heavy atom. The zero-order chi connectivity index (χ0) is 10.3. The molecule has 0 unspecified atom stereocenters. The molecule has 0 saturated heterocycles. The highest BCUT2D eigenvalue weighted by molar-refractivity contribution is 7.17. The van der Waals surface area contributed by atoms with Crippen LogP contribution in [0, 0.1) is 5.82 Å². The second-order valence-corrected chi connectivity index (χ2v) is 4.76. The molecule has 2 rings (SSSR count). The third kappa shape index (κ3) is 1.53. The van der Waals surface area contributed by atoms with E-state index < -0.39 is 5.60 Å². The molecule has 1 aromatic carbocycles. The van der Waals surface area contributed by atoms with Gasteiger partial charge in [0.15, 0.2) is 0 Å². The van der Waals surface area contributed by atoms with Gasteiger partial charge in [0.05, 0.1) is 5.60 Å². The molecule has 14 heavy (non-hydrogen) atoms. The van der Waals surface area contributed by atoms with E-state index in [1.165, 1.54) is 23.5 Å². The molecule has 2 aromatic rings. The van der Waals surface area contributed by atoms with Crippen molar-refractivity contribution >= 4 is 21.4 Å². The summed E-state index contributed by atoms with van der Waals surface area (Å²) in [6.07, 6.45) is 0. The molecule has 0 aliphatic rings. The molecule has 1 heterocycles. The standard InChI is InChI=1S/C11H11FOS/c1-11(2,13)9-6-14-10-4-3-7(12)5-8(9)10/h3-6,13H,1-2H3. The quantitative estimate of drug-likeness (QED) is 0.766. The number of aliphatic hydroxyl groups is 1. The summed E-state index contributed by atoms with van der Waals surface area (Å²) in [5.41, 5.74) is -0.122. The van der Waals surface area contributed by atoms with E-state index in [4.69, 9.17) is 0 Å². The molecule has 1 N–H and O–H groups in total. The minimum atomic E-state index is -0.911. The van der Waals surface area contributed by atoms with Crippen LogP contribution in [0.1, 0.15) is 19.4 Å². The largest absolute Gasteiger partial charge is 0.386 e. The SMILES string of the molecule is CC(C)(O)c1csc2ccc(F)cc12. The van der Waals surface area contributed by atoms with Gasteiger partial charge in [-0.15, -0.1) is 11.3 Å². The summed E-state index contributed by atoms with van der Waals surface area (Å²) in [4.78, 5) is 0. The van der Waals surface area contributed by atoms with Gasteiger partial charge in [-0.25, -0.2) is 4.39 Å². The molecule has 0 aliphatic carbocycles. The Hall–Kier alpha value is -0.930. The maximum atomic E-state index is 13.0. The first-order valence-electron chi connectivity index (χ1n) is 4.38. The lowest BCUT2D eigenvalue weighted by atomic mass is 9.98. The van der Waals surface area contributed by atoms with Gasteiger partial charge in [0.25, 0.3) is 0 Å². The van der Waals surface area contributed by atoms with E-state index in [1.807, 2.05) is 5.38 Å². The number of hydrogen-bond donors (Lipinski definition) is 1. The van der Waals surface area contributed by atoms with Gasteiger partial charge >= 0.3 is 0 Å². The van der Waals surface area contributed by atoms with Crippen LogP contribution in [0.5, 0.6) is 0 Å². The molecule has 0 radical (unpaired) electrons. The van der Waals surface area contributed by atoms with Crippen molar-refractivity contribution in [2.24, 2.45) is 0 Å². The topological polar surface area (TPSA) is 20.2 Å². The van der Waals surface area contributed by atoms with Crippen molar-refractivity contribution in [1.82, 2.24) is 0 Å². The third-order valence-corrected chi connectivity index (χ3v) is 3.16. The fourth-order valence-electron chi connectivity index (χ4n) is 1.48. The van der Waals surface area contributed by atoms with Crippen LogP contribution in [0.4, 0.5) is 4.39 Å². The molecular formula is C11H11FOS. The van der Waals surface area contributed by atoms with Gasteiger partial charge in [0.1, 0.15) is 5.82 Å². The lowest BCUT2D eigenvalue weighted by molar-refractivity contribution is 0.0806. The highest BCUT2D eigenvalue weighted by Crippen LogP contribution is 2.33. The number of rotatable bonds is 1. The predicted octanol–water partition coefficient (Wildman–Crippen LogP) is 3.27. The number of hydrogen-bond acceptors (Lipinski definition) is 2. The normalized spacial score (nSPS) is 12.3. The van der Waals surface area contributed by atoms with Gasteiger partial charge in [-0.3, -0.25) is 0 Å². The Bertz CT molecular complexity index is 468.